The minimum atomic E-state index is 0.00519. The first kappa shape index (κ1) is 10.5. The van der Waals surface area contributed by atoms with Crippen molar-refractivity contribution in [3.8, 4) is 11.3 Å². The standard InChI is InChI=1S/C13H14N2O2/c14-8-13-11-3-1-2-10(9(11)4-6-16-13)12-5-7-17-15-12/h1-3,5,7,13H,4,6,8,14H2. The Morgan fingerprint density at radius 3 is 3.06 bits per heavy atom. The highest BCUT2D eigenvalue weighted by molar-refractivity contribution is 5.65. The largest absolute Gasteiger partial charge is 0.372 e. The van der Waals surface area contributed by atoms with Crippen LogP contribution in [0, 0.1) is 0 Å². The van der Waals surface area contributed by atoms with Crippen molar-refractivity contribution in [1.82, 2.24) is 5.16 Å². The number of benzene rings is 1. The van der Waals surface area contributed by atoms with Crippen LogP contribution in [-0.4, -0.2) is 18.3 Å². The van der Waals surface area contributed by atoms with Crippen molar-refractivity contribution in [3.63, 3.8) is 0 Å². The van der Waals surface area contributed by atoms with Crippen molar-refractivity contribution < 1.29 is 9.26 Å². The van der Waals surface area contributed by atoms with Crippen LogP contribution < -0.4 is 5.73 Å². The van der Waals surface area contributed by atoms with E-state index in [0.717, 1.165) is 17.7 Å². The second-order valence-electron chi connectivity index (χ2n) is 4.10. The molecule has 1 atom stereocenters. The highest BCUT2D eigenvalue weighted by Gasteiger charge is 2.22. The highest BCUT2D eigenvalue weighted by atomic mass is 16.5. The van der Waals surface area contributed by atoms with Crippen molar-refractivity contribution in [1.29, 1.82) is 0 Å². The third kappa shape index (κ3) is 1.75. The van der Waals surface area contributed by atoms with Gasteiger partial charge in [0.15, 0.2) is 0 Å². The molecule has 0 bridgehead atoms. The lowest BCUT2D eigenvalue weighted by Crippen LogP contribution is -2.23. The van der Waals surface area contributed by atoms with Crippen molar-refractivity contribution in [3.05, 3.63) is 41.7 Å². The van der Waals surface area contributed by atoms with E-state index >= 15 is 0 Å². The summed E-state index contributed by atoms with van der Waals surface area (Å²) >= 11 is 0. The third-order valence-corrected chi connectivity index (χ3v) is 3.16. The van der Waals surface area contributed by atoms with Gasteiger partial charge in [0, 0.05) is 18.2 Å². The van der Waals surface area contributed by atoms with Crippen molar-refractivity contribution >= 4 is 0 Å². The first-order valence-electron chi connectivity index (χ1n) is 5.74. The summed E-state index contributed by atoms with van der Waals surface area (Å²) in [5, 5.41) is 4.00. The van der Waals surface area contributed by atoms with Crippen molar-refractivity contribution in [2.45, 2.75) is 12.5 Å². The molecular weight excluding hydrogens is 216 g/mol. The van der Waals surface area contributed by atoms with Crippen molar-refractivity contribution in [2.75, 3.05) is 13.2 Å². The van der Waals surface area contributed by atoms with E-state index in [4.69, 9.17) is 15.0 Å². The molecule has 0 radical (unpaired) electrons. The zero-order valence-electron chi connectivity index (χ0n) is 9.43. The molecule has 1 aliphatic heterocycles. The summed E-state index contributed by atoms with van der Waals surface area (Å²) in [6.07, 6.45) is 2.49. The molecule has 4 nitrogen and oxygen atoms in total. The van der Waals surface area contributed by atoms with Gasteiger partial charge in [0.25, 0.3) is 0 Å². The number of nitrogens with two attached hydrogens (primary N) is 1. The van der Waals surface area contributed by atoms with Gasteiger partial charge in [0.05, 0.1) is 12.7 Å². The Kier molecular flexibility index (Phi) is 2.66. The molecule has 88 valence electrons. The molecule has 2 aromatic rings. The van der Waals surface area contributed by atoms with Gasteiger partial charge in [-0.3, -0.25) is 0 Å². The molecule has 2 heterocycles. The first-order valence-corrected chi connectivity index (χ1v) is 5.74. The zero-order valence-corrected chi connectivity index (χ0v) is 9.43. The van der Waals surface area contributed by atoms with Crippen LogP contribution in [0.2, 0.25) is 0 Å². The summed E-state index contributed by atoms with van der Waals surface area (Å²) in [4.78, 5) is 0. The Labute approximate surface area is 99.4 Å². The molecule has 17 heavy (non-hydrogen) atoms. The molecule has 1 unspecified atom stereocenters. The predicted octanol–water partition coefficient (Wildman–Crippen LogP) is 1.91. The van der Waals surface area contributed by atoms with E-state index in [1.165, 1.54) is 11.1 Å². The molecule has 1 aromatic heterocycles. The summed E-state index contributed by atoms with van der Waals surface area (Å²) in [7, 11) is 0. The smallest absolute Gasteiger partial charge is 0.124 e. The predicted molar refractivity (Wildman–Crippen MR) is 63.4 cm³/mol. The summed E-state index contributed by atoms with van der Waals surface area (Å²) in [5.74, 6) is 0. The summed E-state index contributed by atoms with van der Waals surface area (Å²) in [6.45, 7) is 1.22. The molecule has 0 aliphatic carbocycles. The van der Waals surface area contributed by atoms with Gasteiger partial charge in [-0.15, -0.1) is 0 Å². The van der Waals surface area contributed by atoms with Crippen LogP contribution in [0.5, 0.6) is 0 Å². The van der Waals surface area contributed by atoms with Gasteiger partial charge in [-0.2, -0.15) is 0 Å². The molecule has 1 aliphatic rings. The number of hydrogen-bond donors (Lipinski definition) is 1. The van der Waals surface area contributed by atoms with Gasteiger partial charge in [-0.25, -0.2) is 0 Å². The third-order valence-electron chi connectivity index (χ3n) is 3.16. The van der Waals surface area contributed by atoms with Crippen molar-refractivity contribution in [2.24, 2.45) is 5.73 Å². The highest BCUT2D eigenvalue weighted by Crippen LogP contribution is 2.33. The Morgan fingerprint density at radius 1 is 1.35 bits per heavy atom. The van der Waals surface area contributed by atoms with Gasteiger partial charge < -0.3 is 15.0 Å². The lowest BCUT2D eigenvalue weighted by atomic mass is 9.91. The van der Waals surface area contributed by atoms with E-state index in [1.807, 2.05) is 12.1 Å². The van der Waals surface area contributed by atoms with E-state index in [1.54, 1.807) is 6.26 Å². The van der Waals surface area contributed by atoms with E-state index < -0.39 is 0 Å². The van der Waals surface area contributed by atoms with E-state index in [2.05, 4.69) is 17.3 Å². The Bertz CT molecular complexity index is 508. The molecule has 3 rings (SSSR count). The van der Waals surface area contributed by atoms with E-state index in [9.17, 15) is 0 Å². The average molecular weight is 230 g/mol. The number of hydrogen-bond acceptors (Lipinski definition) is 4. The molecule has 0 spiro atoms. The summed E-state index contributed by atoms with van der Waals surface area (Å²) in [6, 6.07) is 8.04. The Morgan fingerprint density at radius 2 is 2.29 bits per heavy atom. The molecule has 0 fully saturated rings. The molecular formula is C13H14N2O2. The second kappa shape index (κ2) is 4.31. The van der Waals surface area contributed by atoms with Crippen LogP contribution in [0.15, 0.2) is 35.1 Å². The fourth-order valence-electron chi connectivity index (χ4n) is 2.36. The number of fused-ring (bicyclic) bond motifs is 1. The minimum absolute atomic E-state index is 0.00519. The maximum absolute atomic E-state index is 5.73. The van der Waals surface area contributed by atoms with Crippen LogP contribution in [0.25, 0.3) is 11.3 Å². The lowest BCUT2D eigenvalue weighted by molar-refractivity contribution is 0.0486. The van der Waals surface area contributed by atoms with Crippen LogP contribution in [0.4, 0.5) is 0 Å². The SMILES string of the molecule is NCC1OCCc2c(-c3ccon3)cccc21. The fraction of sp³-hybridized carbons (Fsp3) is 0.308. The van der Waals surface area contributed by atoms with Gasteiger partial charge in [-0.1, -0.05) is 23.4 Å². The van der Waals surface area contributed by atoms with Crippen LogP contribution >= 0.6 is 0 Å². The monoisotopic (exact) mass is 230 g/mol. The minimum Gasteiger partial charge on any atom is -0.372 e. The Hall–Kier alpha value is -1.65. The Balaban J connectivity index is 2.12. The van der Waals surface area contributed by atoms with E-state index in [0.29, 0.717) is 13.2 Å². The number of ether oxygens (including phenoxy) is 1. The summed E-state index contributed by atoms with van der Waals surface area (Å²) in [5.41, 5.74) is 10.2. The normalized spacial score (nSPS) is 19.0. The van der Waals surface area contributed by atoms with E-state index in [-0.39, 0.29) is 6.10 Å². The quantitative estimate of drug-likeness (QED) is 0.856. The van der Waals surface area contributed by atoms with Gasteiger partial charge in [-0.05, 0) is 17.5 Å². The summed E-state index contributed by atoms with van der Waals surface area (Å²) < 4.78 is 10.6. The average Bonchev–Trinajstić information content (AvgIpc) is 2.91. The molecule has 0 amide bonds. The molecule has 0 saturated carbocycles. The lowest BCUT2D eigenvalue weighted by Gasteiger charge is -2.26. The maximum Gasteiger partial charge on any atom is 0.124 e. The number of nitrogens with zero attached hydrogens (tertiary/aromatic N) is 1. The van der Waals surface area contributed by atoms with Crippen LogP contribution in [0.3, 0.4) is 0 Å². The van der Waals surface area contributed by atoms with Gasteiger partial charge in [0.2, 0.25) is 0 Å². The molecule has 0 saturated heterocycles. The molecule has 4 heteroatoms. The molecule has 2 N–H and O–H groups in total. The fourth-order valence-corrected chi connectivity index (χ4v) is 2.36. The van der Waals surface area contributed by atoms with Crippen LogP contribution in [-0.2, 0) is 11.2 Å². The topological polar surface area (TPSA) is 61.3 Å². The number of aromatic nitrogens is 1. The van der Waals surface area contributed by atoms with Gasteiger partial charge >= 0.3 is 0 Å². The first-order chi connectivity index (χ1) is 8.40. The maximum atomic E-state index is 5.73. The van der Waals surface area contributed by atoms with Gasteiger partial charge in [0.1, 0.15) is 12.0 Å². The second-order valence-corrected chi connectivity index (χ2v) is 4.10. The molecule has 1 aromatic carbocycles. The zero-order chi connectivity index (χ0) is 11.7. The number of rotatable bonds is 2. The van der Waals surface area contributed by atoms with Crippen LogP contribution in [0.1, 0.15) is 17.2 Å².